The van der Waals surface area contributed by atoms with E-state index >= 15 is 0 Å². The van der Waals surface area contributed by atoms with Crippen molar-refractivity contribution in [3.63, 3.8) is 0 Å². The fourth-order valence-corrected chi connectivity index (χ4v) is 4.86. The third-order valence-corrected chi connectivity index (χ3v) is 6.79. The van der Waals surface area contributed by atoms with Gasteiger partial charge in [-0.1, -0.05) is 17.3 Å². The summed E-state index contributed by atoms with van der Waals surface area (Å²) in [5.41, 5.74) is 2.59. The predicted octanol–water partition coefficient (Wildman–Crippen LogP) is 1.35. The molecular weight excluding hydrogens is 416 g/mol. The molecule has 0 saturated carbocycles. The fourth-order valence-electron chi connectivity index (χ4n) is 3.51. The molecule has 0 amide bonds. The van der Waals surface area contributed by atoms with Crippen molar-refractivity contribution in [1.29, 1.82) is 0 Å². The van der Waals surface area contributed by atoms with Gasteiger partial charge in [0.1, 0.15) is 6.26 Å². The van der Waals surface area contributed by atoms with E-state index in [-0.39, 0.29) is 6.54 Å². The van der Waals surface area contributed by atoms with Gasteiger partial charge in [0.15, 0.2) is 5.96 Å². The molecule has 0 spiro atoms. The van der Waals surface area contributed by atoms with Gasteiger partial charge in [-0.05, 0) is 38.0 Å². The quantitative estimate of drug-likeness (QED) is 0.357. The number of aromatic nitrogens is 1. The van der Waals surface area contributed by atoms with Gasteiger partial charge in [0.05, 0.1) is 17.1 Å². The van der Waals surface area contributed by atoms with E-state index in [0.717, 1.165) is 62.0 Å². The van der Waals surface area contributed by atoms with E-state index in [1.54, 1.807) is 19.3 Å². The molecule has 2 N–H and O–H groups in total. The number of sulfonamides is 1. The number of benzene rings is 1. The summed E-state index contributed by atoms with van der Waals surface area (Å²) in [5.74, 6) is 0.814. The Hall–Kier alpha value is -2.43. The molecule has 0 bridgehead atoms. The predicted molar refractivity (Wildman–Crippen MR) is 120 cm³/mol. The second kappa shape index (κ2) is 10.7. The maximum Gasteiger partial charge on any atom is 0.240 e. The second-order valence-electron chi connectivity index (χ2n) is 7.66. The zero-order valence-electron chi connectivity index (χ0n) is 18.5. The van der Waals surface area contributed by atoms with Gasteiger partial charge in [-0.15, -0.1) is 0 Å². The highest BCUT2D eigenvalue weighted by atomic mass is 32.2. The molecule has 170 valence electrons. The minimum atomic E-state index is -3.55. The van der Waals surface area contributed by atoms with Gasteiger partial charge in [-0.3, -0.25) is 9.89 Å². The number of hydrogen-bond acceptors (Lipinski definition) is 6. The van der Waals surface area contributed by atoms with Crippen LogP contribution >= 0.6 is 0 Å². The number of aryl methyl sites for hydroxylation is 2. The summed E-state index contributed by atoms with van der Waals surface area (Å²) < 4.78 is 32.9. The van der Waals surface area contributed by atoms with Gasteiger partial charge < -0.3 is 14.7 Å². The number of piperazine rings is 1. The molecule has 2 heterocycles. The summed E-state index contributed by atoms with van der Waals surface area (Å²) in [5, 5.41) is 7.28. The summed E-state index contributed by atoms with van der Waals surface area (Å²) in [4.78, 5) is 9.50. The highest BCUT2D eigenvalue weighted by molar-refractivity contribution is 7.89. The van der Waals surface area contributed by atoms with E-state index in [4.69, 9.17) is 4.52 Å². The topological polar surface area (TPSA) is 103 Å². The Morgan fingerprint density at radius 1 is 1.19 bits per heavy atom. The standard InChI is InChI=1S/C21H32N6O3S/c1-4-22-21(27-12-10-26(11-13-27)16-19-7-14-30-25-19)23-8-9-24-31(28,29)20-15-17(2)5-6-18(20)3/h5-7,14-15,24H,4,8-13,16H2,1-3H3,(H,22,23). The molecule has 0 unspecified atom stereocenters. The molecule has 2 aromatic rings. The van der Waals surface area contributed by atoms with E-state index in [0.29, 0.717) is 11.4 Å². The van der Waals surface area contributed by atoms with E-state index in [2.05, 4.69) is 30.0 Å². The number of nitrogens with zero attached hydrogens (tertiary/aromatic N) is 4. The lowest BCUT2D eigenvalue weighted by Crippen LogP contribution is -2.52. The van der Waals surface area contributed by atoms with Crippen LogP contribution in [0.15, 0.2) is 44.9 Å². The molecule has 1 aromatic heterocycles. The molecule has 0 radical (unpaired) electrons. The Labute approximate surface area is 184 Å². The Balaban J connectivity index is 1.52. The van der Waals surface area contributed by atoms with Crippen LogP contribution in [-0.4, -0.2) is 75.1 Å². The van der Waals surface area contributed by atoms with Crippen molar-refractivity contribution in [2.45, 2.75) is 32.2 Å². The van der Waals surface area contributed by atoms with Crippen molar-refractivity contribution < 1.29 is 12.9 Å². The first kappa shape index (κ1) is 23.2. The van der Waals surface area contributed by atoms with E-state index in [9.17, 15) is 8.42 Å². The summed E-state index contributed by atoms with van der Waals surface area (Å²) in [6.07, 6.45) is 1.59. The smallest absolute Gasteiger partial charge is 0.240 e. The van der Waals surface area contributed by atoms with Crippen LogP contribution in [0.4, 0.5) is 0 Å². The largest absolute Gasteiger partial charge is 0.364 e. The average Bonchev–Trinajstić information content (AvgIpc) is 3.26. The van der Waals surface area contributed by atoms with Gasteiger partial charge in [0, 0.05) is 51.9 Å². The molecular formula is C21H32N6O3S. The van der Waals surface area contributed by atoms with E-state index < -0.39 is 10.0 Å². The maximum atomic E-state index is 12.6. The van der Waals surface area contributed by atoms with Crippen LogP contribution in [0.3, 0.4) is 0 Å². The van der Waals surface area contributed by atoms with Crippen molar-refractivity contribution in [2.24, 2.45) is 4.99 Å². The molecule has 3 rings (SSSR count). The van der Waals surface area contributed by atoms with Crippen LogP contribution in [0, 0.1) is 13.8 Å². The Kier molecular flexibility index (Phi) is 8.05. The Morgan fingerprint density at radius 3 is 2.65 bits per heavy atom. The normalized spacial score (nSPS) is 16.0. The number of hydrogen-bond donors (Lipinski definition) is 2. The summed E-state index contributed by atoms with van der Waals surface area (Å²) >= 11 is 0. The first-order valence-corrected chi connectivity index (χ1v) is 12.1. The molecule has 10 heteroatoms. The lowest BCUT2D eigenvalue weighted by molar-refractivity contribution is 0.169. The average molecular weight is 449 g/mol. The number of guanidine groups is 1. The molecule has 0 atom stereocenters. The van der Waals surface area contributed by atoms with Crippen molar-refractivity contribution in [1.82, 2.24) is 25.0 Å². The first-order valence-electron chi connectivity index (χ1n) is 10.6. The molecule has 0 aliphatic carbocycles. The molecule has 1 aliphatic rings. The number of nitrogens with one attached hydrogen (secondary N) is 2. The highest BCUT2D eigenvalue weighted by Gasteiger charge is 2.20. The number of aliphatic imine (C=N–C) groups is 1. The van der Waals surface area contributed by atoms with Crippen LogP contribution < -0.4 is 10.0 Å². The fraction of sp³-hybridized carbons (Fsp3) is 0.524. The minimum absolute atomic E-state index is 0.247. The monoisotopic (exact) mass is 448 g/mol. The highest BCUT2D eigenvalue weighted by Crippen LogP contribution is 2.16. The van der Waals surface area contributed by atoms with Crippen molar-refractivity contribution >= 4 is 16.0 Å². The summed E-state index contributed by atoms with van der Waals surface area (Å²) in [7, 11) is -3.55. The molecule has 1 saturated heterocycles. The zero-order chi connectivity index (χ0) is 22.3. The van der Waals surface area contributed by atoms with Gasteiger partial charge in [-0.2, -0.15) is 0 Å². The summed E-state index contributed by atoms with van der Waals surface area (Å²) in [6, 6.07) is 7.32. The van der Waals surface area contributed by atoms with Crippen LogP contribution in [0.25, 0.3) is 0 Å². The molecule has 1 aromatic carbocycles. The Morgan fingerprint density at radius 2 is 1.97 bits per heavy atom. The van der Waals surface area contributed by atoms with Gasteiger partial charge in [0.2, 0.25) is 10.0 Å². The lowest BCUT2D eigenvalue weighted by atomic mass is 10.2. The molecule has 31 heavy (non-hydrogen) atoms. The molecule has 1 fully saturated rings. The van der Waals surface area contributed by atoms with Gasteiger partial charge in [-0.25, -0.2) is 13.1 Å². The SMILES string of the molecule is CCNC(=NCCNS(=O)(=O)c1cc(C)ccc1C)N1CCN(Cc2ccon2)CC1. The maximum absolute atomic E-state index is 12.6. The van der Waals surface area contributed by atoms with Crippen LogP contribution in [0.1, 0.15) is 23.7 Å². The zero-order valence-corrected chi connectivity index (χ0v) is 19.3. The van der Waals surface area contributed by atoms with Gasteiger partial charge >= 0.3 is 0 Å². The van der Waals surface area contributed by atoms with Crippen LogP contribution in [-0.2, 0) is 16.6 Å². The van der Waals surface area contributed by atoms with Crippen LogP contribution in [0.2, 0.25) is 0 Å². The van der Waals surface area contributed by atoms with Crippen molar-refractivity contribution in [3.05, 3.63) is 47.3 Å². The van der Waals surface area contributed by atoms with Gasteiger partial charge in [0.25, 0.3) is 0 Å². The van der Waals surface area contributed by atoms with E-state index in [1.807, 2.05) is 32.0 Å². The van der Waals surface area contributed by atoms with Crippen LogP contribution in [0.5, 0.6) is 0 Å². The third kappa shape index (κ3) is 6.52. The second-order valence-corrected chi connectivity index (χ2v) is 9.39. The third-order valence-electron chi connectivity index (χ3n) is 5.18. The molecule has 1 aliphatic heterocycles. The van der Waals surface area contributed by atoms with E-state index in [1.165, 1.54) is 0 Å². The minimum Gasteiger partial charge on any atom is -0.364 e. The molecule has 9 nitrogen and oxygen atoms in total. The Bertz CT molecular complexity index is 967. The summed E-state index contributed by atoms with van der Waals surface area (Å²) in [6.45, 7) is 11.4. The van der Waals surface area contributed by atoms with Crippen molar-refractivity contribution in [2.75, 3.05) is 45.8 Å². The lowest BCUT2D eigenvalue weighted by Gasteiger charge is -2.36. The number of rotatable bonds is 8. The first-order chi connectivity index (χ1) is 14.9. The van der Waals surface area contributed by atoms with Crippen molar-refractivity contribution in [3.8, 4) is 0 Å².